The highest BCUT2D eigenvalue weighted by atomic mass is 19.1. The van der Waals surface area contributed by atoms with Gasteiger partial charge in [-0.1, -0.05) is 26.3 Å². The molecule has 1 saturated heterocycles. The number of nitrogens with one attached hydrogen (secondary N) is 1. The second-order valence-electron chi connectivity index (χ2n) is 6.02. The van der Waals surface area contributed by atoms with E-state index in [1.165, 1.54) is 0 Å². The molecule has 0 bridgehead atoms. The van der Waals surface area contributed by atoms with E-state index in [1.54, 1.807) is 0 Å². The first kappa shape index (κ1) is 20.2. The zero-order valence-corrected chi connectivity index (χ0v) is 14.2. The van der Waals surface area contributed by atoms with Crippen LogP contribution in [0.3, 0.4) is 0 Å². The first-order chi connectivity index (χ1) is 10.4. The first-order valence-electron chi connectivity index (χ1n) is 7.69. The average Bonchev–Trinajstić information content (AvgIpc) is 2.47. The van der Waals surface area contributed by atoms with Crippen molar-refractivity contribution in [2.75, 3.05) is 6.67 Å². The number of carbonyl (C=O) groups is 1. The Bertz CT molecular complexity index is 465. The molecule has 2 atom stereocenters. The van der Waals surface area contributed by atoms with Gasteiger partial charge in [-0.2, -0.15) is 0 Å². The standard InChI is InChI=1S/C16H27FN2O.C2H2/c1-5-7-16(4)9-12(8-14(18)20)19-13(6-2)15(16)11(3)10-17;1-2/h6,12,19H,5,7-10H2,1-4H3,(H2,18,20);1-2H/b13-6+,15-11+;. The second-order valence-corrected chi connectivity index (χ2v) is 6.02. The van der Waals surface area contributed by atoms with Crippen LogP contribution in [-0.4, -0.2) is 18.6 Å². The molecule has 0 saturated carbocycles. The Morgan fingerprint density at radius 1 is 1.55 bits per heavy atom. The minimum Gasteiger partial charge on any atom is -0.382 e. The van der Waals surface area contributed by atoms with Gasteiger partial charge in [0.25, 0.3) is 0 Å². The summed E-state index contributed by atoms with van der Waals surface area (Å²) in [7, 11) is 0. The van der Waals surface area contributed by atoms with Crippen LogP contribution in [0.2, 0.25) is 0 Å². The monoisotopic (exact) mass is 308 g/mol. The van der Waals surface area contributed by atoms with Crippen LogP contribution in [0.4, 0.5) is 4.39 Å². The van der Waals surface area contributed by atoms with Gasteiger partial charge < -0.3 is 11.1 Å². The zero-order chi connectivity index (χ0) is 17.3. The van der Waals surface area contributed by atoms with Gasteiger partial charge in [-0.3, -0.25) is 4.79 Å². The molecule has 0 spiro atoms. The second kappa shape index (κ2) is 9.30. The third-order valence-corrected chi connectivity index (χ3v) is 4.09. The van der Waals surface area contributed by atoms with Crippen molar-refractivity contribution >= 4 is 5.91 Å². The maximum absolute atomic E-state index is 13.2. The van der Waals surface area contributed by atoms with E-state index in [0.29, 0.717) is 6.42 Å². The Kier molecular flexibility index (Phi) is 8.55. The Balaban J connectivity index is 0.00000211. The maximum Gasteiger partial charge on any atom is 0.219 e. The number of piperidine rings is 1. The van der Waals surface area contributed by atoms with E-state index in [4.69, 9.17) is 5.73 Å². The summed E-state index contributed by atoms with van der Waals surface area (Å²) >= 11 is 0. The summed E-state index contributed by atoms with van der Waals surface area (Å²) in [5, 5.41) is 3.35. The number of nitrogens with two attached hydrogens (primary N) is 1. The lowest BCUT2D eigenvalue weighted by Crippen LogP contribution is -2.45. The van der Waals surface area contributed by atoms with E-state index in [1.807, 2.05) is 19.9 Å². The molecule has 2 unspecified atom stereocenters. The van der Waals surface area contributed by atoms with E-state index in [0.717, 1.165) is 36.1 Å². The number of alkyl halides is 1. The van der Waals surface area contributed by atoms with Gasteiger partial charge in [-0.15, -0.1) is 12.8 Å². The van der Waals surface area contributed by atoms with Crippen molar-refractivity contribution in [3.05, 3.63) is 22.9 Å². The fraction of sp³-hybridized carbons (Fsp3) is 0.611. The van der Waals surface area contributed by atoms with Crippen LogP contribution in [0, 0.1) is 18.3 Å². The number of halogens is 1. The van der Waals surface area contributed by atoms with Gasteiger partial charge in [0.1, 0.15) is 6.67 Å². The number of rotatable bonds is 5. The van der Waals surface area contributed by atoms with E-state index in [-0.39, 0.29) is 17.4 Å². The highest BCUT2D eigenvalue weighted by Crippen LogP contribution is 2.45. The smallest absolute Gasteiger partial charge is 0.219 e. The van der Waals surface area contributed by atoms with Crippen LogP contribution in [0.5, 0.6) is 0 Å². The van der Waals surface area contributed by atoms with Crippen LogP contribution < -0.4 is 11.1 Å². The van der Waals surface area contributed by atoms with Crippen molar-refractivity contribution < 1.29 is 9.18 Å². The lowest BCUT2D eigenvalue weighted by atomic mass is 9.68. The number of hydrogen-bond donors (Lipinski definition) is 2. The summed E-state index contributed by atoms with van der Waals surface area (Å²) in [5.41, 5.74) is 8.03. The topological polar surface area (TPSA) is 55.1 Å². The van der Waals surface area contributed by atoms with Gasteiger partial charge >= 0.3 is 0 Å². The molecule has 0 aromatic carbocycles. The lowest BCUT2D eigenvalue weighted by Gasteiger charge is -2.44. The van der Waals surface area contributed by atoms with Gasteiger partial charge in [0.15, 0.2) is 0 Å². The molecule has 1 heterocycles. The number of amides is 1. The molecular weight excluding hydrogens is 279 g/mol. The normalized spacial score (nSPS) is 28.3. The molecule has 22 heavy (non-hydrogen) atoms. The molecule has 3 nitrogen and oxygen atoms in total. The summed E-state index contributed by atoms with van der Waals surface area (Å²) in [4.78, 5) is 11.2. The van der Waals surface area contributed by atoms with E-state index in [2.05, 4.69) is 32.0 Å². The van der Waals surface area contributed by atoms with Gasteiger partial charge in [0.2, 0.25) is 5.91 Å². The Morgan fingerprint density at radius 2 is 2.14 bits per heavy atom. The molecule has 1 rings (SSSR count). The molecule has 0 aromatic rings. The maximum atomic E-state index is 13.2. The highest BCUT2D eigenvalue weighted by Gasteiger charge is 2.39. The quantitative estimate of drug-likeness (QED) is 0.764. The molecule has 0 radical (unpaired) electrons. The Hall–Kier alpha value is -1.76. The van der Waals surface area contributed by atoms with Crippen molar-refractivity contribution in [3.63, 3.8) is 0 Å². The molecule has 0 aromatic heterocycles. The average molecular weight is 308 g/mol. The summed E-state index contributed by atoms with van der Waals surface area (Å²) in [5.74, 6) is -0.300. The van der Waals surface area contributed by atoms with Crippen LogP contribution >= 0.6 is 0 Å². The molecule has 1 fully saturated rings. The largest absolute Gasteiger partial charge is 0.382 e. The molecule has 124 valence electrons. The minimum absolute atomic E-state index is 0.0337. The van der Waals surface area contributed by atoms with E-state index in [9.17, 15) is 9.18 Å². The third-order valence-electron chi connectivity index (χ3n) is 4.09. The van der Waals surface area contributed by atoms with Crippen molar-refractivity contribution in [1.29, 1.82) is 0 Å². The zero-order valence-electron chi connectivity index (χ0n) is 14.2. The van der Waals surface area contributed by atoms with Crippen molar-refractivity contribution in [2.24, 2.45) is 11.1 Å². The summed E-state index contributed by atoms with van der Waals surface area (Å²) in [6.45, 7) is 7.65. The van der Waals surface area contributed by atoms with Crippen LogP contribution in [0.25, 0.3) is 0 Å². The number of primary amides is 1. The molecule has 1 aliphatic rings. The SMILES string of the molecule is C#C.C/C=C1/NC(CC(N)=O)CC(C)(CCC)/C1=C(\C)CF. The van der Waals surface area contributed by atoms with Crippen molar-refractivity contribution in [3.8, 4) is 12.8 Å². The van der Waals surface area contributed by atoms with E-state index < -0.39 is 6.67 Å². The number of hydrogen-bond acceptors (Lipinski definition) is 2. The predicted octanol–water partition coefficient (Wildman–Crippen LogP) is 3.47. The number of carbonyl (C=O) groups excluding carboxylic acids is 1. The third kappa shape index (κ3) is 4.91. The fourth-order valence-electron chi connectivity index (χ4n) is 3.50. The Labute approximate surface area is 134 Å². The summed E-state index contributed by atoms with van der Waals surface area (Å²) in [6, 6.07) is 0.0337. The van der Waals surface area contributed by atoms with E-state index >= 15 is 0 Å². The summed E-state index contributed by atoms with van der Waals surface area (Å²) < 4.78 is 13.2. The van der Waals surface area contributed by atoms with Gasteiger partial charge in [0.05, 0.1) is 0 Å². The highest BCUT2D eigenvalue weighted by molar-refractivity contribution is 5.74. The van der Waals surface area contributed by atoms with Crippen LogP contribution in [-0.2, 0) is 4.79 Å². The number of allylic oxidation sites excluding steroid dienone is 3. The summed E-state index contributed by atoms with van der Waals surface area (Å²) in [6.07, 6.45) is 13.1. The predicted molar refractivity (Wildman–Crippen MR) is 90.7 cm³/mol. The fourth-order valence-corrected chi connectivity index (χ4v) is 3.50. The van der Waals surface area contributed by atoms with Gasteiger partial charge in [0, 0.05) is 18.2 Å². The Morgan fingerprint density at radius 3 is 2.55 bits per heavy atom. The minimum atomic E-state index is -0.436. The van der Waals surface area contributed by atoms with Gasteiger partial charge in [-0.25, -0.2) is 4.39 Å². The van der Waals surface area contributed by atoms with Crippen LogP contribution in [0.1, 0.15) is 53.4 Å². The molecule has 4 heteroatoms. The van der Waals surface area contributed by atoms with Gasteiger partial charge in [-0.05, 0) is 43.3 Å². The molecule has 1 aliphatic heterocycles. The lowest BCUT2D eigenvalue weighted by molar-refractivity contribution is -0.118. The molecular formula is C18H29FN2O. The molecule has 1 amide bonds. The van der Waals surface area contributed by atoms with Crippen molar-refractivity contribution in [2.45, 2.75) is 59.4 Å². The molecule has 0 aliphatic carbocycles. The first-order valence-corrected chi connectivity index (χ1v) is 7.69. The number of terminal acetylenes is 1. The van der Waals surface area contributed by atoms with Crippen molar-refractivity contribution in [1.82, 2.24) is 5.32 Å². The van der Waals surface area contributed by atoms with Crippen LogP contribution in [0.15, 0.2) is 22.9 Å². The molecule has 3 N–H and O–H groups in total.